The predicted molar refractivity (Wildman–Crippen MR) is 86.3 cm³/mol. The maximum Gasteiger partial charge on any atom is 0.0510 e. The molecule has 0 bridgehead atoms. The summed E-state index contributed by atoms with van der Waals surface area (Å²) in [6.45, 7) is 15.7. The van der Waals surface area contributed by atoms with Gasteiger partial charge in [0.15, 0.2) is 0 Å². The molecule has 2 atom stereocenters. The Morgan fingerprint density at radius 1 is 1.10 bits per heavy atom. The van der Waals surface area contributed by atoms with Crippen LogP contribution in [0.15, 0.2) is 0 Å². The highest BCUT2D eigenvalue weighted by atomic mass is 16.5. The summed E-state index contributed by atoms with van der Waals surface area (Å²) in [7, 11) is 2.09. The molecular weight excluding hydrogens is 250 g/mol. The molecule has 1 N–H and O–H groups in total. The van der Waals surface area contributed by atoms with E-state index in [4.69, 9.17) is 4.74 Å². The van der Waals surface area contributed by atoms with Gasteiger partial charge < -0.3 is 19.9 Å². The van der Waals surface area contributed by atoms with Gasteiger partial charge in [0.05, 0.1) is 6.61 Å². The average molecular weight is 285 g/mol. The molecule has 0 aliphatic carbocycles. The van der Waals surface area contributed by atoms with Crippen molar-refractivity contribution in [2.24, 2.45) is 5.92 Å². The molecule has 1 fully saturated rings. The van der Waals surface area contributed by atoms with E-state index in [1.54, 1.807) is 0 Å². The van der Waals surface area contributed by atoms with Crippen LogP contribution in [0.25, 0.3) is 0 Å². The molecule has 0 spiro atoms. The van der Waals surface area contributed by atoms with E-state index in [9.17, 15) is 0 Å². The van der Waals surface area contributed by atoms with Gasteiger partial charge in [0.2, 0.25) is 0 Å². The van der Waals surface area contributed by atoms with E-state index in [-0.39, 0.29) is 0 Å². The lowest BCUT2D eigenvalue weighted by Gasteiger charge is -2.30. The Balaban J connectivity index is 2.29. The van der Waals surface area contributed by atoms with Crippen LogP contribution in [-0.4, -0.2) is 75.4 Å². The van der Waals surface area contributed by atoms with Crippen LogP contribution in [0.1, 0.15) is 33.6 Å². The van der Waals surface area contributed by atoms with Crippen LogP contribution in [0.3, 0.4) is 0 Å². The van der Waals surface area contributed by atoms with E-state index in [1.807, 2.05) is 0 Å². The van der Waals surface area contributed by atoms with Crippen molar-refractivity contribution < 1.29 is 4.74 Å². The SMILES string of the molecule is CCN(CC)CCCN(CC)CC(NC)C1CCOC1. The Morgan fingerprint density at radius 3 is 2.25 bits per heavy atom. The van der Waals surface area contributed by atoms with Crippen molar-refractivity contribution in [1.82, 2.24) is 15.1 Å². The van der Waals surface area contributed by atoms with Gasteiger partial charge in [-0.05, 0) is 52.6 Å². The van der Waals surface area contributed by atoms with Crippen LogP contribution in [0, 0.1) is 5.92 Å². The third-order valence-corrected chi connectivity index (χ3v) is 4.65. The zero-order chi connectivity index (χ0) is 14.8. The first-order valence-corrected chi connectivity index (χ1v) is 8.44. The first-order valence-electron chi connectivity index (χ1n) is 8.44. The molecule has 120 valence electrons. The highest BCUT2D eigenvalue weighted by Crippen LogP contribution is 2.17. The topological polar surface area (TPSA) is 27.7 Å². The summed E-state index contributed by atoms with van der Waals surface area (Å²) in [5.41, 5.74) is 0. The summed E-state index contributed by atoms with van der Waals surface area (Å²) < 4.78 is 5.53. The van der Waals surface area contributed by atoms with Gasteiger partial charge in [0.1, 0.15) is 0 Å². The summed E-state index contributed by atoms with van der Waals surface area (Å²) in [4.78, 5) is 5.09. The minimum atomic E-state index is 0.575. The second kappa shape index (κ2) is 10.6. The Morgan fingerprint density at radius 2 is 1.75 bits per heavy atom. The zero-order valence-corrected chi connectivity index (χ0v) is 14.0. The monoisotopic (exact) mass is 285 g/mol. The molecule has 4 heteroatoms. The maximum atomic E-state index is 5.53. The van der Waals surface area contributed by atoms with E-state index >= 15 is 0 Å². The molecule has 0 aromatic rings. The third-order valence-electron chi connectivity index (χ3n) is 4.65. The molecular formula is C16H35N3O. The maximum absolute atomic E-state index is 5.53. The van der Waals surface area contributed by atoms with Crippen LogP contribution in [0.5, 0.6) is 0 Å². The van der Waals surface area contributed by atoms with Gasteiger partial charge >= 0.3 is 0 Å². The zero-order valence-electron chi connectivity index (χ0n) is 14.0. The number of nitrogens with zero attached hydrogens (tertiary/aromatic N) is 2. The third kappa shape index (κ3) is 6.08. The lowest BCUT2D eigenvalue weighted by molar-refractivity contribution is 0.162. The molecule has 0 radical (unpaired) electrons. The first kappa shape index (κ1) is 17.9. The largest absolute Gasteiger partial charge is 0.381 e. The molecule has 0 saturated carbocycles. The van der Waals surface area contributed by atoms with Gasteiger partial charge in [-0.1, -0.05) is 20.8 Å². The van der Waals surface area contributed by atoms with Crippen LogP contribution < -0.4 is 5.32 Å². The van der Waals surface area contributed by atoms with Gasteiger partial charge in [-0.2, -0.15) is 0 Å². The standard InChI is InChI=1S/C16H35N3O/c1-5-18(6-2)10-8-11-19(7-3)13-16(17-4)15-9-12-20-14-15/h15-17H,5-14H2,1-4H3. The molecule has 1 aliphatic rings. The minimum absolute atomic E-state index is 0.575. The molecule has 1 heterocycles. The molecule has 0 aromatic carbocycles. The van der Waals surface area contributed by atoms with E-state index in [1.165, 1.54) is 39.0 Å². The van der Waals surface area contributed by atoms with Crippen LogP contribution in [0.2, 0.25) is 0 Å². The Hall–Kier alpha value is -0.160. The summed E-state index contributed by atoms with van der Waals surface area (Å²) in [5.74, 6) is 0.692. The highest BCUT2D eigenvalue weighted by molar-refractivity contribution is 4.81. The lowest BCUT2D eigenvalue weighted by atomic mass is 9.98. The number of hydrogen-bond acceptors (Lipinski definition) is 4. The van der Waals surface area contributed by atoms with Gasteiger partial charge in [-0.25, -0.2) is 0 Å². The number of hydrogen-bond donors (Lipinski definition) is 1. The summed E-state index contributed by atoms with van der Waals surface area (Å²) in [6.07, 6.45) is 2.48. The highest BCUT2D eigenvalue weighted by Gasteiger charge is 2.25. The van der Waals surface area contributed by atoms with E-state index in [2.05, 4.69) is 42.9 Å². The summed E-state index contributed by atoms with van der Waals surface area (Å²) in [5, 5.41) is 3.50. The minimum Gasteiger partial charge on any atom is -0.381 e. The van der Waals surface area contributed by atoms with Crippen molar-refractivity contribution in [2.75, 3.05) is 59.5 Å². The first-order chi connectivity index (χ1) is 9.74. The van der Waals surface area contributed by atoms with Crippen molar-refractivity contribution >= 4 is 0 Å². The Labute approximate surface area is 125 Å². The molecule has 1 rings (SSSR count). The Kier molecular flexibility index (Phi) is 9.44. The van der Waals surface area contributed by atoms with E-state index in [0.29, 0.717) is 12.0 Å². The quantitative estimate of drug-likeness (QED) is 0.625. The van der Waals surface area contributed by atoms with Gasteiger partial charge in [0, 0.05) is 25.1 Å². The predicted octanol–water partition coefficient (Wildman–Crippen LogP) is 1.66. The molecule has 20 heavy (non-hydrogen) atoms. The lowest BCUT2D eigenvalue weighted by Crippen LogP contribution is -2.45. The normalized spacial score (nSPS) is 21.0. The van der Waals surface area contributed by atoms with Crippen LogP contribution in [-0.2, 0) is 4.74 Å². The van der Waals surface area contributed by atoms with Gasteiger partial charge in [-0.3, -0.25) is 0 Å². The molecule has 2 unspecified atom stereocenters. The average Bonchev–Trinajstić information content (AvgIpc) is 3.01. The second-order valence-electron chi connectivity index (χ2n) is 5.79. The van der Waals surface area contributed by atoms with Crippen molar-refractivity contribution in [3.05, 3.63) is 0 Å². The number of nitrogens with one attached hydrogen (secondary N) is 1. The van der Waals surface area contributed by atoms with Crippen LogP contribution in [0.4, 0.5) is 0 Å². The molecule has 1 aliphatic heterocycles. The van der Waals surface area contributed by atoms with Crippen molar-refractivity contribution in [3.63, 3.8) is 0 Å². The van der Waals surface area contributed by atoms with Crippen molar-refractivity contribution in [3.8, 4) is 0 Å². The smallest absolute Gasteiger partial charge is 0.0510 e. The summed E-state index contributed by atoms with van der Waals surface area (Å²) in [6, 6.07) is 0.575. The number of ether oxygens (including phenoxy) is 1. The number of likely N-dealkylation sites (N-methyl/N-ethyl adjacent to an activating group) is 2. The van der Waals surface area contributed by atoms with Gasteiger partial charge in [-0.15, -0.1) is 0 Å². The summed E-state index contributed by atoms with van der Waals surface area (Å²) >= 11 is 0. The fourth-order valence-electron chi connectivity index (χ4n) is 3.06. The Bertz CT molecular complexity index is 228. The van der Waals surface area contributed by atoms with Crippen molar-refractivity contribution in [2.45, 2.75) is 39.7 Å². The number of rotatable bonds is 11. The molecule has 0 aromatic heterocycles. The van der Waals surface area contributed by atoms with Crippen LogP contribution >= 0.6 is 0 Å². The van der Waals surface area contributed by atoms with Gasteiger partial charge in [0.25, 0.3) is 0 Å². The molecule has 0 amide bonds. The second-order valence-corrected chi connectivity index (χ2v) is 5.79. The fraction of sp³-hybridized carbons (Fsp3) is 1.00. The van der Waals surface area contributed by atoms with Crippen molar-refractivity contribution in [1.29, 1.82) is 0 Å². The fourth-order valence-corrected chi connectivity index (χ4v) is 3.06. The molecule has 4 nitrogen and oxygen atoms in total. The van der Waals surface area contributed by atoms with E-state index in [0.717, 1.165) is 26.3 Å². The van der Waals surface area contributed by atoms with E-state index < -0.39 is 0 Å². The molecule has 1 saturated heterocycles.